The molecule has 0 spiro atoms. The minimum atomic E-state index is -4.69. The second-order valence-corrected chi connectivity index (χ2v) is 2.19. The van der Waals surface area contributed by atoms with Crippen molar-refractivity contribution in [3.05, 3.63) is 0 Å². The molecule has 0 fully saturated rings. The number of hydrogen-bond donors (Lipinski definition) is 1. The van der Waals surface area contributed by atoms with Crippen LogP contribution < -0.4 is 0 Å². The van der Waals surface area contributed by atoms with E-state index in [9.17, 15) is 18.0 Å². The Balaban J connectivity index is 4.20. The molecule has 0 aromatic rings. The van der Waals surface area contributed by atoms with Gasteiger partial charge in [0.1, 0.15) is 6.29 Å². The van der Waals surface area contributed by atoms with E-state index in [0.29, 0.717) is 0 Å². The number of aliphatic hydroxyl groups is 1. The van der Waals surface area contributed by atoms with Crippen LogP contribution in [0, 0.1) is 5.92 Å². The molecule has 0 aromatic heterocycles. The molecule has 0 heterocycles. The van der Waals surface area contributed by atoms with Crippen molar-refractivity contribution < 1.29 is 23.1 Å². The van der Waals surface area contributed by atoms with E-state index >= 15 is 0 Å². The first kappa shape index (κ1) is 10.4. The normalized spacial score (nSPS) is 17.5. The molecule has 2 nitrogen and oxygen atoms in total. The van der Waals surface area contributed by atoms with Crippen LogP contribution in [0.5, 0.6) is 0 Å². The highest BCUT2D eigenvalue weighted by atomic mass is 19.4. The number of aliphatic hydroxyl groups excluding tert-OH is 1. The van der Waals surface area contributed by atoms with Crippen molar-refractivity contribution in [3.8, 4) is 0 Å². The zero-order chi connectivity index (χ0) is 9.07. The average Bonchev–Trinajstić information content (AvgIpc) is 1.88. The lowest BCUT2D eigenvalue weighted by Crippen LogP contribution is -2.36. The molecule has 66 valence electrons. The molecule has 0 bridgehead atoms. The van der Waals surface area contributed by atoms with E-state index in [2.05, 4.69) is 0 Å². The van der Waals surface area contributed by atoms with Crippen molar-refractivity contribution in [2.75, 3.05) is 0 Å². The Bertz CT molecular complexity index is 132. The highest BCUT2D eigenvalue weighted by Gasteiger charge is 2.42. The molecule has 11 heavy (non-hydrogen) atoms. The van der Waals surface area contributed by atoms with Crippen LogP contribution in [-0.4, -0.2) is 23.7 Å². The minimum absolute atomic E-state index is 0.00975. The van der Waals surface area contributed by atoms with Crippen LogP contribution in [0.2, 0.25) is 0 Å². The molecule has 0 radical (unpaired) electrons. The summed E-state index contributed by atoms with van der Waals surface area (Å²) in [5, 5.41) is 8.49. The standard InChI is InChI=1S/C6H9F3O2/c1-2-4(3-10)5(11)6(7,8)9/h3-5,11H,2H2,1H3. The summed E-state index contributed by atoms with van der Waals surface area (Å²) in [6.45, 7) is 1.41. The third-order valence-electron chi connectivity index (χ3n) is 1.39. The number of rotatable bonds is 3. The Morgan fingerprint density at radius 1 is 1.55 bits per heavy atom. The smallest absolute Gasteiger partial charge is 0.383 e. The van der Waals surface area contributed by atoms with Gasteiger partial charge in [-0.05, 0) is 6.42 Å². The first-order valence-corrected chi connectivity index (χ1v) is 3.13. The van der Waals surface area contributed by atoms with Crippen LogP contribution in [0.1, 0.15) is 13.3 Å². The molecule has 0 amide bonds. The van der Waals surface area contributed by atoms with Gasteiger partial charge in [0, 0.05) is 5.92 Å². The lowest BCUT2D eigenvalue weighted by molar-refractivity contribution is -0.217. The van der Waals surface area contributed by atoms with E-state index in [1.54, 1.807) is 0 Å². The van der Waals surface area contributed by atoms with E-state index in [1.165, 1.54) is 6.92 Å². The van der Waals surface area contributed by atoms with Gasteiger partial charge in [0.15, 0.2) is 6.10 Å². The molecule has 5 heteroatoms. The maximum absolute atomic E-state index is 11.7. The molecule has 1 N–H and O–H groups in total. The van der Waals surface area contributed by atoms with Gasteiger partial charge >= 0.3 is 6.18 Å². The summed E-state index contributed by atoms with van der Waals surface area (Å²) in [5.41, 5.74) is 0. The fraction of sp³-hybridized carbons (Fsp3) is 0.833. The molecule has 2 unspecified atom stereocenters. The van der Waals surface area contributed by atoms with Gasteiger partial charge < -0.3 is 9.90 Å². The lowest BCUT2D eigenvalue weighted by atomic mass is 10.0. The second-order valence-electron chi connectivity index (χ2n) is 2.19. The number of alkyl halides is 3. The highest BCUT2D eigenvalue weighted by Crippen LogP contribution is 2.25. The molecule has 0 aliphatic rings. The van der Waals surface area contributed by atoms with E-state index in [1.807, 2.05) is 0 Å². The Labute approximate surface area is 62.0 Å². The lowest BCUT2D eigenvalue weighted by Gasteiger charge is -2.18. The van der Waals surface area contributed by atoms with Gasteiger partial charge in [0.2, 0.25) is 0 Å². The molecular weight excluding hydrogens is 161 g/mol. The zero-order valence-electron chi connectivity index (χ0n) is 5.93. The summed E-state index contributed by atoms with van der Waals surface area (Å²) in [7, 11) is 0. The predicted molar refractivity (Wildman–Crippen MR) is 31.9 cm³/mol. The topological polar surface area (TPSA) is 37.3 Å². The fourth-order valence-corrected chi connectivity index (χ4v) is 0.637. The van der Waals surface area contributed by atoms with Crippen molar-refractivity contribution in [1.82, 2.24) is 0 Å². The number of carbonyl (C=O) groups excluding carboxylic acids is 1. The summed E-state index contributed by atoms with van der Waals surface area (Å²) in [4.78, 5) is 9.96. The van der Waals surface area contributed by atoms with Crippen LogP contribution in [0.3, 0.4) is 0 Å². The number of hydrogen-bond acceptors (Lipinski definition) is 2. The largest absolute Gasteiger partial charge is 0.415 e. The van der Waals surface area contributed by atoms with Gasteiger partial charge in [0.05, 0.1) is 0 Å². The monoisotopic (exact) mass is 170 g/mol. The van der Waals surface area contributed by atoms with Crippen LogP contribution in [0.15, 0.2) is 0 Å². The SMILES string of the molecule is CCC(C=O)C(O)C(F)(F)F. The fourth-order valence-electron chi connectivity index (χ4n) is 0.637. The Morgan fingerprint density at radius 2 is 2.00 bits per heavy atom. The van der Waals surface area contributed by atoms with Gasteiger partial charge in [-0.25, -0.2) is 0 Å². The van der Waals surface area contributed by atoms with Gasteiger partial charge in [0.25, 0.3) is 0 Å². The maximum atomic E-state index is 11.7. The van der Waals surface area contributed by atoms with Crippen LogP contribution >= 0.6 is 0 Å². The van der Waals surface area contributed by atoms with Crippen LogP contribution in [0.4, 0.5) is 13.2 Å². The first-order chi connectivity index (χ1) is 4.93. The van der Waals surface area contributed by atoms with Crippen molar-refractivity contribution in [2.24, 2.45) is 5.92 Å². The van der Waals surface area contributed by atoms with E-state index in [-0.39, 0.29) is 12.7 Å². The minimum Gasteiger partial charge on any atom is -0.383 e. The summed E-state index contributed by atoms with van der Waals surface area (Å²) in [6, 6.07) is 0. The quantitative estimate of drug-likeness (QED) is 0.645. The molecular formula is C6H9F3O2. The Kier molecular flexibility index (Phi) is 3.51. The molecule has 2 atom stereocenters. The van der Waals surface area contributed by atoms with E-state index in [4.69, 9.17) is 5.11 Å². The summed E-state index contributed by atoms with van der Waals surface area (Å²) >= 11 is 0. The third kappa shape index (κ3) is 2.88. The van der Waals surface area contributed by atoms with Crippen LogP contribution in [-0.2, 0) is 4.79 Å². The van der Waals surface area contributed by atoms with E-state index < -0.39 is 18.2 Å². The van der Waals surface area contributed by atoms with Crippen molar-refractivity contribution >= 4 is 6.29 Å². The van der Waals surface area contributed by atoms with Gasteiger partial charge in [-0.3, -0.25) is 0 Å². The average molecular weight is 170 g/mol. The van der Waals surface area contributed by atoms with Crippen molar-refractivity contribution in [2.45, 2.75) is 25.6 Å². The Hall–Kier alpha value is -0.580. The zero-order valence-corrected chi connectivity index (χ0v) is 5.93. The molecule has 0 aliphatic heterocycles. The molecule has 0 rings (SSSR count). The maximum Gasteiger partial charge on any atom is 0.415 e. The van der Waals surface area contributed by atoms with Gasteiger partial charge in [-0.1, -0.05) is 6.92 Å². The molecule has 0 aliphatic carbocycles. The number of carbonyl (C=O) groups is 1. The van der Waals surface area contributed by atoms with Crippen molar-refractivity contribution in [1.29, 1.82) is 0 Å². The summed E-state index contributed by atoms with van der Waals surface area (Å²) < 4.78 is 35.0. The van der Waals surface area contributed by atoms with Gasteiger partial charge in [-0.15, -0.1) is 0 Å². The summed E-state index contributed by atoms with van der Waals surface area (Å²) in [6.07, 6.45) is -7.10. The Morgan fingerprint density at radius 3 is 2.09 bits per heavy atom. The highest BCUT2D eigenvalue weighted by molar-refractivity contribution is 5.54. The molecule has 0 saturated heterocycles. The van der Waals surface area contributed by atoms with Crippen molar-refractivity contribution in [3.63, 3.8) is 0 Å². The number of halogens is 3. The predicted octanol–water partition coefficient (Wildman–Crippen LogP) is 1.13. The third-order valence-corrected chi connectivity index (χ3v) is 1.39. The van der Waals surface area contributed by atoms with Gasteiger partial charge in [-0.2, -0.15) is 13.2 Å². The molecule has 0 saturated carbocycles. The van der Waals surface area contributed by atoms with E-state index in [0.717, 1.165) is 0 Å². The van der Waals surface area contributed by atoms with Crippen LogP contribution in [0.25, 0.3) is 0 Å². The first-order valence-electron chi connectivity index (χ1n) is 3.13. The second kappa shape index (κ2) is 3.71. The molecule has 0 aromatic carbocycles. The summed E-state index contributed by atoms with van der Waals surface area (Å²) in [5.74, 6) is -1.34. The number of aldehydes is 1.